The van der Waals surface area contributed by atoms with Crippen molar-refractivity contribution in [3.63, 3.8) is 0 Å². The molecule has 1 heterocycles. The Morgan fingerprint density at radius 2 is 1.69 bits per heavy atom. The molecule has 5 nitrogen and oxygen atoms in total. The average molecular weight is 478 g/mol. The normalized spacial score (nSPS) is 14.1. The highest BCUT2D eigenvalue weighted by Crippen LogP contribution is 2.42. The van der Waals surface area contributed by atoms with Crippen LogP contribution in [0.5, 0.6) is 5.75 Å². The first-order valence-electron chi connectivity index (χ1n) is 8.98. The second-order valence-electron chi connectivity index (χ2n) is 6.62. The van der Waals surface area contributed by atoms with Crippen molar-refractivity contribution in [2.75, 3.05) is 43.1 Å². The summed E-state index contributed by atoms with van der Waals surface area (Å²) in [5.41, 5.74) is 2.78. The number of nitrogens with zero attached hydrogens (tertiary/aromatic N) is 1. The van der Waals surface area contributed by atoms with Gasteiger partial charge in [0.05, 0.1) is 34.0 Å². The number of hydrogen-bond acceptors (Lipinski definition) is 4. The summed E-state index contributed by atoms with van der Waals surface area (Å²) in [4.78, 5) is 14.5. The van der Waals surface area contributed by atoms with E-state index in [0.29, 0.717) is 40.1 Å². The maximum atomic E-state index is 12.3. The zero-order chi connectivity index (χ0) is 21.1. The second kappa shape index (κ2) is 9.63. The minimum absolute atomic E-state index is 0.239. The summed E-state index contributed by atoms with van der Waals surface area (Å²) in [6.45, 7) is 6.16. The van der Waals surface area contributed by atoms with Gasteiger partial charge in [-0.15, -0.1) is 0 Å². The Bertz CT molecular complexity index is 901. The molecule has 0 radical (unpaired) electrons. The minimum atomic E-state index is -0.363. The van der Waals surface area contributed by atoms with Crippen LogP contribution in [0, 0.1) is 13.8 Å². The number of benzene rings is 2. The Morgan fingerprint density at radius 3 is 2.28 bits per heavy atom. The molecule has 3 rings (SSSR count). The van der Waals surface area contributed by atoms with Crippen molar-refractivity contribution in [3.8, 4) is 5.75 Å². The number of amides is 1. The Balaban J connectivity index is 1.65. The van der Waals surface area contributed by atoms with Crippen LogP contribution in [-0.2, 0) is 9.53 Å². The molecule has 0 spiro atoms. The molecule has 0 unspecified atom stereocenters. The molecule has 0 aromatic heterocycles. The smallest absolute Gasteiger partial charge is 0.262 e. The Labute approximate surface area is 189 Å². The van der Waals surface area contributed by atoms with Gasteiger partial charge in [0.15, 0.2) is 12.4 Å². The van der Waals surface area contributed by atoms with Crippen molar-refractivity contribution in [2.24, 2.45) is 0 Å². The zero-order valence-electron chi connectivity index (χ0n) is 16.0. The highest BCUT2D eigenvalue weighted by atomic mass is 35.5. The van der Waals surface area contributed by atoms with Crippen molar-refractivity contribution >= 4 is 63.7 Å². The fourth-order valence-electron chi connectivity index (χ4n) is 3.02. The number of ether oxygens (including phenoxy) is 2. The topological polar surface area (TPSA) is 50.8 Å². The third kappa shape index (κ3) is 5.04. The van der Waals surface area contributed by atoms with Crippen LogP contribution in [0.25, 0.3) is 0 Å². The van der Waals surface area contributed by atoms with Crippen LogP contribution in [0.2, 0.25) is 20.1 Å². The van der Waals surface area contributed by atoms with Crippen molar-refractivity contribution in [1.82, 2.24) is 0 Å². The van der Waals surface area contributed by atoms with E-state index < -0.39 is 0 Å². The van der Waals surface area contributed by atoms with Crippen molar-refractivity contribution in [3.05, 3.63) is 49.4 Å². The van der Waals surface area contributed by atoms with E-state index in [4.69, 9.17) is 55.9 Å². The molecule has 0 atom stereocenters. The molecule has 1 N–H and O–H groups in total. The van der Waals surface area contributed by atoms with Gasteiger partial charge in [-0.25, -0.2) is 0 Å². The van der Waals surface area contributed by atoms with Gasteiger partial charge < -0.3 is 19.7 Å². The fraction of sp³-hybridized carbons (Fsp3) is 0.350. The van der Waals surface area contributed by atoms with E-state index in [1.165, 1.54) is 0 Å². The van der Waals surface area contributed by atoms with Gasteiger partial charge in [0.2, 0.25) is 0 Å². The number of hydrogen-bond donors (Lipinski definition) is 1. The Morgan fingerprint density at radius 1 is 1.07 bits per heavy atom. The summed E-state index contributed by atoms with van der Waals surface area (Å²) >= 11 is 25.1. The number of halogens is 4. The molecular formula is C20H20Cl4N2O3. The quantitative estimate of drug-likeness (QED) is 0.593. The van der Waals surface area contributed by atoms with Crippen LogP contribution < -0.4 is 15.0 Å². The van der Waals surface area contributed by atoms with E-state index in [0.717, 1.165) is 18.8 Å². The van der Waals surface area contributed by atoms with Gasteiger partial charge in [-0.1, -0.05) is 46.4 Å². The molecule has 1 aliphatic heterocycles. The van der Waals surface area contributed by atoms with Crippen LogP contribution in [0.15, 0.2) is 18.2 Å². The monoisotopic (exact) mass is 476 g/mol. The Kier molecular flexibility index (Phi) is 7.41. The molecule has 1 fully saturated rings. The fourth-order valence-corrected chi connectivity index (χ4v) is 4.14. The van der Waals surface area contributed by atoms with Crippen LogP contribution in [0.1, 0.15) is 11.1 Å². The molecule has 2 aromatic rings. The summed E-state index contributed by atoms with van der Waals surface area (Å²) in [6, 6.07) is 5.38. The molecule has 29 heavy (non-hydrogen) atoms. The van der Waals surface area contributed by atoms with Crippen LogP contribution in [0.3, 0.4) is 0 Å². The first kappa shape index (κ1) is 22.3. The van der Waals surface area contributed by atoms with Gasteiger partial charge in [-0.3, -0.25) is 4.79 Å². The number of anilines is 2. The lowest BCUT2D eigenvalue weighted by molar-refractivity contribution is -0.118. The number of nitrogens with one attached hydrogen (secondary N) is 1. The van der Waals surface area contributed by atoms with E-state index in [1.54, 1.807) is 26.0 Å². The highest BCUT2D eigenvalue weighted by molar-refractivity contribution is 6.42. The highest BCUT2D eigenvalue weighted by Gasteiger charge is 2.19. The summed E-state index contributed by atoms with van der Waals surface area (Å²) < 4.78 is 10.9. The SMILES string of the molecule is Cc1c(Cl)c(C)c(Cl)c(OCC(=O)Nc2ccc(N3CCOCC3)c(Cl)c2)c1Cl. The Hall–Kier alpha value is -1.37. The first-order valence-corrected chi connectivity index (χ1v) is 10.5. The van der Waals surface area contributed by atoms with Gasteiger partial charge in [0.1, 0.15) is 0 Å². The standard InChI is InChI=1S/C20H20Cl4N2O3/c1-11-17(22)12(2)19(24)20(18(11)23)29-10-16(27)25-13-3-4-15(14(21)9-13)26-5-7-28-8-6-26/h3-4,9H,5-8,10H2,1-2H3,(H,25,27). The van der Waals surface area contributed by atoms with E-state index in [9.17, 15) is 4.79 Å². The van der Waals surface area contributed by atoms with Gasteiger partial charge in [-0.2, -0.15) is 0 Å². The van der Waals surface area contributed by atoms with Gasteiger partial charge in [0.25, 0.3) is 5.91 Å². The maximum absolute atomic E-state index is 12.3. The lowest BCUT2D eigenvalue weighted by atomic mass is 10.1. The van der Waals surface area contributed by atoms with Crippen LogP contribution in [0.4, 0.5) is 11.4 Å². The number of morpholine rings is 1. The number of carbonyl (C=O) groups is 1. The molecule has 156 valence electrons. The van der Waals surface area contributed by atoms with Crippen molar-refractivity contribution in [2.45, 2.75) is 13.8 Å². The van der Waals surface area contributed by atoms with E-state index in [2.05, 4.69) is 10.2 Å². The van der Waals surface area contributed by atoms with E-state index >= 15 is 0 Å². The molecule has 0 aliphatic carbocycles. The molecule has 9 heteroatoms. The third-order valence-corrected chi connectivity index (χ3v) is 6.43. The van der Waals surface area contributed by atoms with Crippen LogP contribution in [-0.4, -0.2) is 38.8 Å². The third-order valence-electron chi connectivity index (χ3n) is 4.65. The molecular weight excluding hydrogens is 458 g/mol. The summed E-state index contributed by atoms with van der Waals surface area (Å²) in [5.74, 6) is -0.124. The molecule has 0 saturated carbocycles. The zero-order valence-corrected chi connectivity index (χ0v) is 19.0. The summed E-state index contributed by atoms with van der Waals surface area (Å²) in [7, 11) is 0. The molecule has 2 aromatic carbocycles. The van der Waals surface area contributed by atoms with Gasteiger partial charge >= 0.3 is 0 Å². The van der Waals surface area contributed by atoms with Gasteiger partial charge in [0, 0.05) is 23.8 Å². The largest absolute Gasteiger partial charge is 0.481 e. The molecule has 1 aliphatic rings. The predicted octanol–water partition coefficient (Wildman–Crippen LogP) is 5.77. The van der Waals surface area contributed by atoms with Crippen LogP contribution >= 0.6 is 46.4 Å². The number of rotatable bonds is 5. The van der Waals surface area contributed by atoms with E-state index in [-0.39, 0.29) is 28.3 Å². The lowest BCUT2D eigenvalue weighted by Crippen LogP contribution is -2.36. The van der Waals surface area contributed by atoms with E-state index in [1.807, 2.05) is 6.07 Å². The summed E-state index contributed by atoms with van der Waals surface area (Å²) in [5, 5.41) is 4.37. The lowest BCUT2D eigenvalue weighted by Gasteiger charge is -2.29. The molecule has 1 amide bonds. The summed E-state index contributed by atoms with van der Waals surface area (Å²) in [6.07, 6.45) is 0. The predicted molar refractivity (Wildman–Crippen MR) is 120 cm³/mol. The van der Waals surface area contributed by atoms with Crippen molar-refractivity contribution in [1.29, 1.82) is 0 Å². The second-order valence-corrected chi connectivity index (χ2v) is 8.16. The van der Waals surface area contributed by atoms with Crippen molar-refractivity contribution < 1.29 is 14.3 Å². The number of carbonyl (C=O) groups excluding carboxylic acids is 1. The minimum Gasteiger partial charge on any atom is -0.481 e. The van der Waals surface area contributed by atoms with Gasteiger partial charge in [-0.05, 0) is 43.2 Å². The maximum Gasteiger partial charge on any atom is 0.262 e. The first-order chi connectivity index (χ1) is 13.8. The molecule has 1 saturated heterocycles. The molecule has 0 bridgehead atoms. The average Bonchev–Trinajstić information content (AvgIpc) is 2.71.